The molecule has 1 atom stereocenters. The lowest BCUT2D eigenvalue weighted by atomic mass is 10.1. The van der Waals surface area contributed by atoms with Crippen LogP contribution in [0.3, 0.4) is 0 Å². The van der Waals surface area contributed by atoms with E-state index in [-0.39, 0.29) is 24.6 Å². The molecule has 8 heteroatoms. The first kappa shape index (κ1) is 21.2. The lowest BCUT2D eigenvalue weighted by Crippen LogP contribution is -2.53. The molecule has 1 aliphatic rings. The van der Waals surface area contributed by atoms with Crippen molar-refractivity contribution in [3.8, 4) is 0 Å². The largest absolute Gasteiger partial charge is 0.416 e. The van der Waals surface area contributed by atoms with Crippen LogP contribution in [0.1, 0.15) is 36.7 Å². The molecule has 5 nitrogen and oxygen atoms in total. The van der Waals surface area contributed by atoms with E-state index in [0.717, 1.165) is 12.1 Å². The van der Waals surface area contributed by atoms with Gasteiger partial charge in [0.05, 0.1) is 5.56 Å². The van der Waals surface area contributed by atoms with Gasteiger partial charge in [0.2, 0.25) is 0 Å². The van der Waals surface area contributed by atoms with Crippen molar-refractivity contribution in [2.75, 3.05) is 32.8 Å². The van der Waals surface area contributed by atoms with Gasteiger partial charge in [-0.1, -0.05) is 19.9 Å². The van der Waals surface area contributed by atoms with Crippen LogP contribution in [0.5, 0.6) is 0 Å². The summed E-state index contributed by atoms with van der Waals surface area (Å²) in [6.07, 6.45) is -5.05. The van der Waals surface area contributed by atoms with Crippen molar-refractivity contribution in [1.29, 1.82) is 0 Å². The highest BCUT2D eigenvalue weighted by atomic mass is 19.4. The summed E-state index contributed by atoms with van der Waals surface area (Å²) >= 11 is 0. The molecule has 27 heavy (non-hydrogen) atoms. The molecule has 1 aliphatic heterocycles. The minimum Gasteiger partial charge on any atom is -0.368 e. The molecule has 2 amide bonds. The number of hydrogen-bond donors (Lipinski definition) is 0. The zero-order chi connectivity index (χ0) is 20.2. The monoisotopic (exact) mass is 386 g/mol. The van der Waals surface area contributed by atoms with Crippen molar-refractivity contribution in [1.82, 2.24) is 9.80 Å². The maximum absolute atomic E-state index is 12.8. The van der Waals surface area contributed by atoms with E-state index in [4.69, 9.17) is 4.74 Å². The van der Waals surface area contributed by atoms with Gasteiger partial charge in [-0.3, -0.25) is 9.59 Å². The summed E-state index contributed by atoms with van der Waals surface area (Å²) < 4.78 is 44.0. The third-order valence-corrected chi connectivity index (χ3v) is 4.34. The molecule has 150 valence electrons. The van der Waals surface area contributed by atoms with E-state index in [0.29, 0.717) is 25.6 Å². The van der Waals surface area contributed by atoms with E-state index in [1.807, 2.05) is 13.8 Å². The number of piperazine rings is 1. The van der Waals surface area contributed by atoms with Crippen molar-refractivity contribution in [3.63, 3.8) is 0 Å². The van der Waals surface area contributed by atoms with Crippen LogP contribution in [0.25, 0.3) is 0 Å². The summed E-state index contributed by atoms with van der Waals surface area (Å²) in [5, 5.41) is 0. The number of halogens is 3. The van der Waals surface area contributed by atoms with E-state index >= 15 is 0 Å². The Kier molecular flexibility index (Phi) is 6.86. The number of carbonyl (C=O) groups is 2. The smallest absolute Gasteiger partial charge is 0.368 e. The molecule has 1 aromatic rings. The Balaban J connectivity index is 1.93. The topological polar surface area (TPSA) is 49.9 Å². The molecule has 0 radical (unpaired) electrons. The van der Waals surface area contributed by atoms with Crippen molar-refractivity contribution < 1.29 is 27.5 Å². The lowest BCUT2D eigenvalue weighted by Gasteiger charge is -2.36. The highest BCUT2D eigenvalue weighted by Crippen LogP contribution is 2.29. The van der Waals surface area contributed by atoms with E-state index in [9.17, 15) is 22.8 Å². The van der Waals surface area contributed by atoms with Gasteiger partial charge in [0.1, 0.15) is 6.10 Å². The second kappa shape index (κ2) is 8.73. The van der Waals surface area contributed by atoms with Crippen molar-refractivity contribution in [3.05, 3.63) is 35.4 Å². The Hall–Kier alpha value is -2.09. The van der Waals surface area contributed by atoms with E-state index in [1.165, 1.54) is 17.0 Å². The summed E-state index contributed by atoms with van der Waals surface area (Å²) in [7, 11) is 0. The summed E-state index contributed by atoms with van der Waals surface area (Å²) in [5.41, 5.74) is -0.850. The molecule has 0 aliphatic carbocycles. The number of rotatable bonds is 5. The van der Waals surface area contributed by atoms with Gasteiger partial charge in [-0.05, 0) is 31.0 Å². The summed E-state index contributed by atoms with van der Waals surface area (Å²) in [6, 6.07) is 4.40. The second-order valence-corrected chi connectivity index (χ2v) is 7.07. The molecule has 1 saturated heterocycles. The Morgan fingerprint density at radius 2 is 1.67 bits per heavy atom. The fraction of sp³-hybridized carbons (Fsp3) is 0.579. The van der Waals surface area contributed by atoms with E-state index in [1.54, 1.807) is 11.8 Å². The Morgan fingerprint density at radius 1 is 1.07 bits per heavy atom. The molecule has 2 rings (SSSR count). The van der Waals surface area contributed by atoms with Crippen LogP contribution in [-0.4, -0.2) is 60.5 Å². The predicted molar refractivity (Wildman–Crippen MR) is 94.2 cm³/mol. The standard InChI is InChI=1S/C19H25F3N2O3/c1-13(2)12-27-14(3)17(25)23-7-9-24(10-8-23)18(26)15-5-4-6-16(11-15)19(20,21)22/h4-6,11,13-14H,7-10,12H2,1-3H3. The van der Waals surface area contributed by atoms with Gasteiger partial charge in [-0.25, -0.2) is 0 Å². The molecule has 1 aromatic carbocycles. The molecule has 0 saturated carbocycles. The molecule has 1 heterocycles. The number of nitrogens with zero attached hydrogens (tertiary/aromatic N) is 2. The van der Waals surface area contributed by atoms with Crippen molar-refractivity contribution in [2.24, 2.45) is 5.92 Å². The SMILES string of the molecule is CC(C)COC(C)C(=O)N1CCN(C(=O)c2cccc(C(F)(F)F)c2)CC1. The normalized spacial score (nSPS) is 16.6. The minimum absolute atomic E-state index is 0.00163. The molecule has 0 N–H and O–H groups in total. The third-order valence-electron chi connectivity index (χ3n) is 4.34. The molecule has 0 bridgehead atoms. The number of carbonyl (C=O) groups excluding carboxylic acids is 2. The first-order valence-electron chi connectivity index (χ1n) is 8.96. The van der Waals surface area contributed by atoms with Crippen molar-refractivity contribution >= 4 is 11.8 Å². The zero-order valence-electron chi connectivity index (χ0n) is 15.8. The Labute approximate surface area is 157 Å². The van der Waals surface area contributed by atoms with Crippen LogP contribution in [0.2, 0.25) is 0 Å². The number of ether oxygens (including phenoxy) is 1. The molecule has 1 fully saturated rings. The maximum Gasteiger partial charge on any atom is 0.416 e. The van der Waals surface area contributed by atoms with Crippen LogP contribution in [0.4, 0.5) is 13.2 Å². The average Bonchev–Trinajstić information content (AvgIpc) is 2.64. The van der Waals surface area contributed by atoms with Gasteiger partial charge in [-0.2, -0.15) is 13.2 Å². The quantitative estimate of drug-likeness (QED) is 0.782. The first-order valence-corrected chi connectivity index (χ1v) is 8.96. The van der Waals surface area contributed by atoms with Gasteiger partial charge >= 0.3 is 6.18 Å². The second-order valence-electron chi connectivity index (χ2n) is 7.07. The van der Waals surface area contributed by atoms with Gasteiger partial charge < -0.3 is 14.5 Å². The van der Waals surface area contributed by atoms with E-state index < -0.39 is 23.8 Å². The van der Waals surface area contributed by atoms with Crippen LogP contribution < -0.4 is 0 Å². The van der Waals surface area contributed by atoms with Crippen LogP contribution in [0.15, 0.2) is 24.3 Å². The molecule has 0 spiro atoms. The summed E-state index contributed by atoms with van der Waals surface area (Å²) in [4.78, 5) is 28.0. The van der Waals surface area contributed by atoms with Crippen LogP contribution in [0, 0.1) is 5.92 Å². The lowest BCUT2D eigenvalue weighted by molar-refractivity contribution is -0.144. The molecule has 1 unspecified atom stereocenters. The highest BCUT2D eigenvalue weighted by molar-refractivity contribution is 5.94. The first-order chi connectivity index (χ1) is 12.6. The van der Waals surface area contributed by atoms with Crippen LogP contribution in [-0.2, 0) is 15.7 Å². The number of benzene rings is 1. The minimum atomic E-state index is -4.49. The fourth-order valence-corrected chi connectivity index (χ4v) is 2.81. The predicted octanol–water partition coefficient (Wildman–Crippen LogP) is 3.05. The summed E-state index contributed by atoms with van der Waals surface area (Å²) in [5.74, 6) is -0.277. The van der Waals surface area contributed by atoms with Crippen molar-refractivity contribution in [2.45, 2.75) is 33.1 Å². The van der Waals surface area contributed by atoms with Gasteiger partial charge in [-0.15, -0.1) is 0 Å². The summed E-state index contributed by atoms with van der Waals surface area (Å²) in [6.45, 7) is 7.39. The number of hydrogen-bond acceptors (Lipinski definition) is 3. The van der Waals surface area contributed by atoms with Gasteiger partial charge in [0, 0.05) is 38.3 Å². The van der Waals surface area contributed by atoms with Gasteiger partial charge in [0.15, 0.2) is 0 Å². The van der Waals surface area contributed by atoms with E-state index in [2.05, 4.69) is 0 Å². The zero-order valence-corrected chi connectivity index (χ0v) is 15.8. The number of amides is 2. The maximum atomic E-state index is 12.8. The number of alkyl halides is 3. The Bertz CT molecular complexity index is 668. The van der Waals surface area contributed by atoms with Crippen LogP contribution >= 0.6 is 0 Å². The fourth-order valence-electron chi connectivity index (χ4n) is 2.81. The molecular formula is C19H25F3N2O3. The molecule has 0 aromatic heterocycles. The Morgan fingerprint density at radius 3 is 2.22 bits per heavy atom. The van der Waals surface area contributed by atoms with Gasteiger partial charge in [0.25, 0.3) is 11.8 Å². The molecular weight excluding hydrogens is 361 g/mol. The highest BCUT2D eigenvalue weighted by Gasteiger charge is 2.32. The third kappa shape index (κ3) is 5.69. The average molecular weight is 386 g/mol.